The molecule has 88 valence electrons. The van der Waals surface area contributed by atoms with Crippen LogP contribution in [0.2, 0.25) is 0 Å². The van der Waals surface area contributed by atoms with Crippen molar-refractivity contribution in [3.63, 3.8) is 0 Å². The first-order chi connectivity index (χ1) is 7.36. The van der Waals surface area contributed by atoms with E-state index in [2.05, 4.69) is 4.90 Å². The highest BCUT2D eigenvalue weighted by Crippen LogP contribution is 2.35. The zero-order valence-corrected chi connectivity index (χ0v) is 9.57. The summed E-state index contributed by atoms with van der Waals surface area (Å²) in [5.74, 6) is 0.678. The van der Waals surface area contributed by atoms with Crippen LogP contribution in [0.3, 0.4) is 0 Å². The van der Waals surface area contributed by atoms with Crippen molar-refractivity contribution in [1.29, 1.82) is 0 Å². The van der Waals surface area contributed by atoms with Crippen molar-refractivity contribution < 1.29 is 5.11 Å². The van der Waals surface area contributed by atoms with E-state index in [0.717, 1.165) is 19.1 Å². The Kier molecular flexibility index (Phi) is 4.00. The second-order valence-electron chi connectivity index (χ2n) is 5.04. The van der Waals surface area contributed by atoms with E-state index >= 15 is 0 Å². The van der Waals surface area contributed by atoms with Gasteiger partial charge in [0.15, 0.2) is 0 Å². The average molecular weight is 212 g/mol. The van der Waals surface area contributed by atoms with E-state index in [4.69, 9.17) is 10.8 Å². The lowest BCUT2D eigenvalue weighted by Crippen LogP contribution is -2.50. The quantitative estimate of drug-likeness (QED) is 0.713. The Morgan fingerprint density at radius 1 is 1.13 bits per heavy atom. The number of hydrogen-bond donors (Lipinski definition) is 2. The van der Waals surface area contributed by atoms with Gasteiger partial charge in [0, 0.05) is 18.6 Å². The first-order valence-corrected chi connectivity index (χ1v) is 6.43. The minimum atomic E-state index is 0.296. The van der Waals surface area contributed by atoms with Gasteiger partial charge in [0.25, 0.3) is 0 Å². The summed E-state index contributed by atoms with van der Waals surface area (Å²) in [7, 11) is 0. The minimum Gasteiger partial charge on any atom is -0.395 e. The summed E-state index contributed by atoms with van der Waals surface area (Å²) >= 11 is 0. The van der Waals surface area contributed by atoms with Crippen molar-refractivity contribution in [2.24, 2.45) is 11.7 Å². The zero-order valence-electron chi connectivity index (χ0n) is 9.57. The molecule has 2 rings (SSSR count). The molecule has 0 aromatic carbocycles. The summed E-state index contributed by atoms with van der Waals surface area (Å²) in [4.78, 5) is 2.55. The van der Waals surface area contributed by atoms with Crippen LogP contribution in [0.4, 0.5) is 0 Å². The molecule has 0 heterocycles. The van der Waals surface area contributed by atoms with Crippen molar-refractivity contribution in [2.45, 2.75) is 50.6 Å². The second-order valence-corrected chi connectivity index (χ2v) is 5.04. The third-order valence-electron chi connectivity index (χ3n) is 4.25. The van der Waals surface area contributed by atoms with E-state index < -0.39 is 0 Å². The molecule has 0 aliphatic heterocycles. The average Bonchev–Trinajstić information content (AvgIpc) is 2.61. The highest BCUT2D eigenvalue weighted by molar-refractivity contribution is 4.91. The summed E-state index contributed by atoms with van der Waals surface area (Å²) < 4.78 is 0. The minimum absolute atomic E-state index is 0.296. The molecule has 3 N–H and O–H groups in total. The smallest absolute Gasteiger partial charge is 0.0558 e. The van der Waals surface area contributed by atoms with Crippen LogP contribution in [0.25, 0.3) is 0 Å². The third kappa shape index (κ3) is 2.35. The van der Waals surface area contributed by atoms with Crippen LogP contribution in [0, 0.1) is 5.92 Å². The maximum absolute atomic E-state index is 9.15. The van der Waals surface area contributed by atoms with Crippen LogP contribution in [0.1, 0.15) is 38.5 Å². The molecule has 2 fully saturated rings. The SMILES string of the molecule is NCC1CCCC1N(CCO)C1CCC1. The Labute approximate surface area is 92.6 Å². The number of rotatable bonds is 5. The van der Waals surface area contributed by atoms with Crippen LogP contribution >= 0.6 is 0 Å². The fraction of sp³-hybridized carbons (Fsp3) is 1.00. The fourth-order valence-electron chi connectivity index (χ4n) is 3.18. The van der Waals surface area contributed by atoms with Gasteiger partial charge in [0.1, 0.15) is 0 Å². The molecule has 15 heavy (non-hydrogen) atoms. The maximum Gasteiger partial charge on any atom is 0.0558 e. The van der Waals surface area contributed by atoms with Gasteiger partial charge in [0.05, 0.1) is 6.61 Å². The Hall–Kier alpha value is -0.120. The number of aliphatic hydroxyl groups is 1. The summed E-state index contributed by atoms with van der Waals surface area (Å²) in [5, 5.41) is 9.15. The van der Waals surface area contributed by atoms with Gasteiger partial charge < -0.3 is 10.8 Å². The van der Waals surface area contributed by atoms with Crippen LogP contribution < -0.4 is 5.73 Å². The van der Waals surface area contributed by atoms with Crippen molar-refractivity contribution in [3.05, 3.63) is 0 Å². The van der Waals surface area contributed by atoms with Crippen LogP contribution in [0.15, 0.2) is 0 Å². The second kappa shape index (κ2) is 5.28. The highest BCUT2D eigenvalue weighted by atomic mass is 16.3. The lowest BCUT2D eigenvalue weighted by molar-refractivity contribution is 0.0450. The van der Waals surface area contributed by atoms with Gasteiger partial charge in [-0.3, -0.25) is 4.90 Å². The summed E-state index contributed by atoms with van der Waals surface area (Å²) in [6.07, 6.45) is 7.92. The number of nitrogens with zero attached hydrogens (tertiary/aromatic N) is 1. The molecule has 2 aliphatic rings. The molecule has 0 saturated heterocycles. The van der Waals surface area contributed by atoms with Crippen LogP contribution in [-0.2, 0) is 0 Å². The van der Waals surface area contributed by atoms with Crippen LogP contribution in [-0.4, -0.2) is 41.8 Å². The largest absolute Gasteiger partial charge is 0.395 e. The van der Waals surface area contributed by atoms with E-state index in [-0.39, 0.29) is 0 Å². The van der Waals surface area contributed by atoms with Gasteiger partial charge in [-0.2, -0.15) is 0 Å². The molecular formula is C12H24N2O. The van der Waals surface area contributed by atoms with E-state index in [1.165, 1.54) is 38.5 Å². The lowest BCUT2D eigenvalue weighted by atomic mass is 9.88. The molecule has 0 aromatic heterocycles. The lowest BCUT2D eigenvalue weighted by Gasteiger charge is -2.43. The van der Waals surface area contributed by atoms with Gasteiger partial charge in [-0.1, -0.05) is 12.8 Å². The van der Waals surface area contributed by atoms with Crippen molar-refractivity contribution in [3.8, 4) is 0 Å². The Morgan fingerprint density at radius 3 is 2.40 bits per heavy atom. The van der Waals surface area contributed by atoms with Gasteiger partial charge in [-0.15, -0.1) is 0 Å². The molecule has 2 aliphatic carbocycles. The molecule has 3 heteroatoms. The van der Waals surface area contributed by atoms with Crippen molar-refractivity contribution in [1.82, 2.24) is 4.90 Å². The number of hydrogen-bond acceptors (Lipinski definition) is 3. The van der Waals surface area contributed by atoms with E-state index in [9.17, 15) is 0 Å². The van der Waals surface area contributed by atoms with Crippen molar-refractivity contribution >= 4 is 0 Å². The molecule has 0 aromatic rings. The molecule has 0 amide bonds. The van der Waals surface area contributed by atoms with Gasteiger partial charge >= 0.3 is 0 Å². The van der Waals surface area contributed by atoms with Gasteiger partial charge in [-0.05, 0) is 38.1 Å². The monoisotopic (exact) mass is 212 g/mol. The molecule has 0 spiro atoms. The highest BCUT2D eigenvalue weighted by Gasteiger charge is 2.36. The Balaban J connectivity index is 1.95. The first-order valence-electron chi connectivity index (χ1n) is 6.43. The van der Waals surface area contributed by atoms with Gasteiger partial charge in [-0.25, -0.2) is 0 Å². The van der Waals surface area contributed by atoms with E-state index in [1.807, 2.05) is 0 Å². The molecule has 3 nitrogen and oxygen atoms in total. The molecule has 2 saturated carbocycles. The van der Waals surface area contributed by atoms with Crippen molar-refractivity contribution in [2.75, 3.05) is 19.7 Å². The predicted octanol–water partition coefficient (Wildman–Crippen LogP) is 0.961. The number of aliphatic hydroxyl groups excluding tert-OH is 1. The Bertz CT molecular complexity index is 194. The topological polar surface area (TPSA) is 49.5 Å². The van der Waals surface area contributed by atoms with Gasteiger partial charge in [0.2, 0.25) is 0 Å². The summed E-state index contributed by atoms with van der Waals surface area (Å²) in [6.45, 7) is 1.97. The fourth-order valence-corrected chi connectivity index (χ4v) is 3.18. The first kappa shape index (κ1) is 11.4. The standard InChI is InChI=1S/C12H24N2O/c13-9-10-3-1-6-12(10)14(7-8-15)11-4-2-5-11/h10-12,15H,1-9,13H2. The zero-order chi connectivity index (χ0) is 10.7. The summed E-state index contributed by atoms with van der Waals surface area (Å²) in [6, 6.07) is 1.40. The Morgan fingerprint density at radius 2 is 1.87 bits per heavy atom. The summed E-state index contributed by atoms with van der Waals surface area (Å²) in [5.41, 5.74) is 5.83. The third-order valence-corrected chi connectivity index (χ3v) is 4.25. The van der Waals surface area contributed by atoms with E-state index in [0.29, 0.717) is 18.6 Å². The predicted molar refractivity (Wildman–Crippen MR) is 61.6 cm³/mol. The maximum atomic E-state index is 9.15. The van der Waals surface area contributed by atoms with E-state index in [1.54, 1.807) is 0 Å². The molecular weight excluding hydrogens is 188 g/mol. The normalized spacial score (nSPS) is 32.2. The molecule has 0 radical (unpaired) electrons. The molecule has 0 bridgehead atoms. The van der Waals surface area contributed by atoms with Crippen LogP contribution in [0.5, 0.6) is 0 Å². The molecule has 2 unspecified atom stereocenters. The molecule has 2 atom stereocenters. The number of nitrogens with two attached hydrogens (primary N) is 1.